The van der Waals surface area contributed by atoms with Crippen LogP contribution in [0, 0.1) is 0 Å². The van der Waals surface area contributed by atoms with Gasteiger partial charge in [0.1, 0.15) is 11.2 Å². The van der Waals surface area contributed by atoms with Crippen molar-refractivity contribution >= 4 is 60.5 Å². The summed E-state index contributed by atoms with van der Waals surface area (Å²) in [5.74, 6) is 0.610. The van der Waals surface area contributed by atoms with Crippen LogP contribution in [-0.2, 0) is 0 Å². The quantitative estimate of drug-likeness (QED) is 0.163. The van der Waals surface area contributed by atoms with Gasteiger partial charge >= 0.3 is 0 Å². The van der Waals surface area contributed by atoms with Gasteiger partial charge in [-0.15, -0.1) is 0 Å². The lowest BCUT2D eigenvalue weighted by atomic mass is 9.97. The molecule has 0 saturated carbocycles. The SMILES string of the molecule is c1ccc(-c2cc(-c3ccccc3)nc(-c3cc(-c4ccc(N(c5ccccc5)c5ccc6ccccc6c5)cc4)cc4c3oc3cc5ccccc5cc34)n2)cc1. The molecule has 0 aliphatic rings. The molecule has 0 spiro atoms. The van der Waals surface area contributed by atoms with Gasteiger partial charge in [-0.1, -0.05) is 146 Å². The van der Waals surface area contributed by atoms with Crippen LogP contribution in [0.15, 0.2) is 217 Å². The van der Waals surface area contributed by atoms with Crippen LogP contribution in [0.4, 0.5) is 17.1 Å². The highest BCUT2D eigenvalue weighted by atomic mass is 16.3. The Hall–Kier alpha value is -7.82. The van der Waals surface area contributed by atoms with Crippen LogP contribution in [0.1, 0.15) is 0 Å². The largest absolute Gasteiger partial charge is 0.455 e. The van der Waals surface area contributed by atoms with Crippen molar-refractivity contribution in [2.75, 3.05) is 4.90 Å². The van der Waals surface area contributed by atoms with E-state index in [9.17, 15) is 0 Å². The van der Waals surface area contributed by atoms with E-state index < -0.39 is 0 Å². The molecule has 0 N–H and O–H groups in total. The van der Waals surface area contributed by atoms with E-state index in [0.717, 1.165) is 89.0 Å². The molecular weight excluding hydrogens is 707 g/mol. The summed E-state index contributed by atoms with van der Waals surface area (Å²) in [5.41, 5.74) is 11.6. The summed E-state index contributed by atoms with van der Waals surface area (Å²) >= 11 is 0. The smallest absolute Gasteiger partial charge is 0.164 e. The van der Waals surface area contributed by atoms with Gasteiger partial charge in [-0.2, -0.15) is 0 Å². The van der Waals surface area contributed by atoms with Crippen LogP contribution in [0.5, 0.6) is 0 Å². The first kappa shape index (κ1) is 33.5. The normalized spacial score (nSPS) is 11.4. The number of nitrogens with zero attached hydrogens (tertiary/aromatic N) is 3. The third-order valence-electron chi connectivity index (χ3n) is 11.0. The van der Waals surface area contributed by atoms with E-state index in [1.807, 2.05) is 36.4 Å². The van der Waals surface area contributed by atoms with Crippen molar-refractivity contribution in [3.8, 4) is 45.0 Å². The zero-order valence-electron chi connectivity index (χ0n) is 31.5. The van der Waals surface area contributed by atoms with Crippen LogP contribution in [0.25, 0.3) is 88.5 Å². The topological polar surface area (TPSA) is 42.2 Å². The summed E-state index contributed by atoms with van der Waals surface area (Å²) in [5, 5.41) is 6.80. The van der Waals surface area contributed by atoms with Gasteiger partial charge in [0.2, 0.25) is 0 Å². The maximum atomic E-state index is 6.82. The van der Waals surface area contributed by atoms with E-state index in [1.165, 1.54) is 10.8 Å². The van der Waals surface area contributed by atoms with Gasteiger partial charge in [-0.3, -0.25) is 0 Å². The Morgan fingerprint density at radius 2 is 0.879 bits per heavy atom. The molecule has 0 saturated heterocycles. The van der Waals surface area contributed by atoms with Crippen LogP contribution in [-0.4, -0.2) is 9.97 Å². The molecule has 4 nitrogen and oxygen atoms in total. The average molecular weight is 742 g/mol. The van der Waals surface area contributed by atoms with E-state index in [1.54, 1.807) is 0 Å². The van der Waals surface area contributed by atoms with Gasteiger partial charge in [0.05, 0.1) is 17.0 Å². The molecule has 0 unspecified atom stereocenters. The average Bonchev–Trinajstić information content (AvgIpc) is 3.66. The molecule has 0 radical (unpaired) electrons. The molecule has 4 heteroatoms. The van der Waals surface area contributed by atoms with Crippen molar-refractivity contribution in [1.29, 1.82) is 0 Å². The maximum Gasteiger partial charge on any atom is 0.164 e. The number of rotatable bonds is 7. The number of para-hydroxylation sites is 1. The first-order chi connectivity index (χ1) is 28.7. The third-order valence-corrected chi connectivity index (χ3v) is 11.0. The summed E-state index contributed by atoms with van der Waals surface area (Å²) in [6.45, 7) is 0. The summed E-state index contributed by atoms with van der Waals surface area (Å²) < 4.78 is 6.82. The Morgan fingerprint density at radius 3 is 1.53 bits per heavy atom. The Kier molecular flexibility index (Phi) is 8.11. The van der Waals surface area contributed by atoms with Crippen molar-refractivity contribution < 1.29 is 4.42 Å². The van der Waals surface area contributed by atoms with Gasteiger partial charge in [0.15, 0.2) is 5.82 Å². The predicted octanol–water partition coefficient (Wildman–Crippen LogP) is 14.8. The number of furan rings is 1. The van der Waals surface area contributed by atoms with Crippen LogP contribution in [0.2, 0.25) is 0 Å². The molecule has 2 aromatic heterocycles. The van der Waals surface area contributed by atoms with Crippen molar-refractivity contribution in [1.82, 2.24) is 9.97 Å². The van der Waals surface area contributed by atoms with E-state index in [0.29, 0.717) is 5.82 Å². The molecule has 0 fully saturated rings. The minimum absolute atomic E-state index is 0.610. The molecule has 11 aromatic rings. The Labute approximate surface area is 335 Å². The number of hydrogen-bond acceptors (Lipinski definition) is 4. The van der Waals surface area contributed by atoms with E-state index >= 15 is 0 Å². The van der Waals surface area contributed by atoms with Crippen molar-refractivity contribution in [2.45, 2.75) is 0 Å². The van der Waals surface area contributed by atoms with Crippen molar-refractivity contribution in [2.24, 2.45) is 0 Å². The Balaban J connectivity index is 1.11. The molecular formula is C54H35N3O. The number of anilines is 3. The lowest BCUT2D eigenvalue weighted by Crippen LogP contribution is -2.09. The molecule has 58 heavy (non-hydrogen) atoms. The summed E-state index contributed by atoms with van der Waals surface area (Å²) in [4.78, 5) is 12.8. The molecule has 272 valence electrons. The van der Waals surface area contributed by atoms with Crippen molar-refractivity contribution in [3.05, 3.63) is 212 Å². The lowest BCUT2D eigenvalue weighted by molar-refractivity contribution is 0.670. The second-order valence-corrected chi connectivity index (χ2v) is 14.6. The van der Waals surface area contributed by atoms with E-state index in [4.69, 9.17) is 14.4 Å². The Morgan fingerprint density at radius 1 is 0.345 bits per heavy atom. The third kappa shape index (κ3) is 6.05. The molecule has 0 atom stereocenters. The van der Waals surface area contributed by atoms with Gasteiger partial charge in [-0.25, -0.2) is 9.97 Å². The molecule has 11 rings (SSSR count). The monoisotopic (exact) mass is 741 g/mol. The minimum Gasteiger partial charge on any atom is -0.455 e. The van der Waals surface area contributed by atoms with Gasteiger partial charge in [0.25, 0.3) is 0 Å². The fourth-order valence-corrected chi connectivity index (χ4v) is 8.12. The summed E-state index contributed by atoms with van der Waals surface area (Å²) in [6, 6.07) is 74.5. The number of aromatic nitrogens is 2. The number of fused-ring (bicyclic) bond motifs is 5. The van der Waals surface area contributed by atoms with Crippen LogP contribution in [0.3, 0.4) is 0 Å². The van der Waals surface area contributed by atoms with Gasteiger partial charge < -0.3 is 9.32 Å². The lowest BCUT2D eigenvalue weighted by Gasteiger charge is -2.26. The fourth-order valence-electron chi connectivity index (χ4n) is 8.12. The molecule has 9 aromatic carbocycles. The zero-order valence-corrected chi connectivity index (χ0v) is 31.5. The van der Waals surface area contributed by atoms with E-state index in [2.05, 4.69) is 181 Å². The second-order valence-electron chi connectivity index (χ2n) is 14.6. The molecule has 0 bridgehead atoms. The molecule has 0 aliphatic heterocycles. The summed E-state index contributed by atoms with van der Waals surface area (Å²) in [7, 11) is 0. The highest BCUT2D eigenvalue weighted by molar-refractivity contribution is 6.14. The number of benzene rings is 9. The molecule has 0 aliphatic carbocycles. The summed E-state index contributed by atoms with van der Waals surface area (Å²) in [6.07, 6.45) is 0. The van der Waals surface area contributed by atoms with Crippen LogP contribution < -0.4 is 4.90 Å². The molecule has 2 heterocycles. The standard InChI is InChI=1S/C54H35N3O/c1-4-15-38(16-5-1)50-35-51(39-17-6-2-7-18-39)56-54(55-50)49-33-43(32-48-47-31-41-20-12-13-21-42(41)34-52(47)58-53(48)49)37-24-27-45(28-25-37)57(44-22-8-3-9-23-44)46-29-26-36-14-10-11-19-40(36)30-46/h1-35H. The fraction of sp³-hybridized carbons (Fsp3) is 0. The van der Waals surface area contributed by atoms with E-state index in [-0.39, 0.29) is 0 Å². The first-order valence-corrected chi connectivity index (χ1v) is 19.6. The van der Waals surface area contributed by atoms with Crippen molar-refractivity contribution in [3.63, 3.8) is 0 Å². The highest BCUT2D eigenvalue weighted by Gasteiger charge is 2.20. The van der Waals surface area contributed by atoms with Crippen LogP contribution >= 0.6 is 0 Å². The second kappa shape index (κ2) is 14.0. The predicted molar refractivity (Wildman–Crippen MR) is 241 cm³/mol. The van der Waals surface area contributed by atoms with Gasteiger partial charge in [0, 0.05) is 39.0 Å². The zero-order chi connectivity index (χ0) is 38.4. The minimum atomic E-state index is 0.610. The molecule has 0 amide bonds. The Bertz CT molecular complexity index is 3210. The maximum absolute atomic E-state index is 6.82. The number of hydrogen-bond donors (Lipinski definition) is 0. The first-order valence-electron chi connectivity index (χ1n) is 19.6. The highest BCUT2D eigenvalue weighted by Crippen LogP contribution is 2.42. The van der Waals surface area contributed by atoms with Gasteiger partial charge in [-0.05, 0) is 99.4 Å².